The van der Waals surface area contributed by atoms with E-state index >= 15 is 0 Å². The summed E-state index contributed by atoms with van der Waals surface area (Å²) in [6.07, 6.45) is 1.91. The van der Waals surface area contributed by atoms with Crippen LogP contribution in [0.1, 0.15) is 36.6 Å². The monoisotopic (exact) mass is 332 g/mol. The molecule has 25 heavy (non-hydrogen) atoms. The first kappa shape index (κ1) is 16.8. The van der Waals surface area contributed by atoms with Gasteiger partial charge in [0.05, 0.1) is 23.2 Å². The van der Waals surface area contributed by atoms with Crippen molar-refractivity contribution in [2.45, 2.75) is 19.9 Å². The maximum Gasteiger partial charge on any atom is 0.253 e. The highest BCUT2D eigenvalue weighted by Crippen LogP contribution is 2.28. The maximum atomic E-state index is 13.0. The highest BCUT2D eigenvalue weighted by molar-refractivity contribution is 5.99. The zero-order valence-electron chi connectivity index (χ0n) is 14.4. The molecule has 0 fully saturated rings. The molecule has 1 unspecified atom stereocenters. The molecule has 126 valence electrons. The van der Waals surface area contributed by atoms with Gasteiger partial charge in [0.1, 0.15) is 12.4 Å². The van der Waals surface area contributed by atoms with E-state index in [4.69, 9.17) is 10.00 Å². The highest BCUT2D eigenvalue weighted by Gasteiger charge is 2.25. The maximum absolute atomic E-state index is 13.0. The van der Waals surface area contributed by atoms with Crippen LogP contribution < -0.4 is 4.74 Å². The molecule has 0 saturated heterocycles. The Morgan fingerprint density at radius 1 is 1.24 bits per heavy atom. The van der Waals surface area contributed by atoms with Crippen LogP contribution in [0.3, 0.4) is 0 Å². The molecule has 0 aromatic heterocycles. The number of ether oxygens (including phenoxy) is 1. The molecule has 1 aliphatic heterocycles. The molecule has 1 amide bonds. The van der Waals surface area contributed by atoms with Crippen molar-refractivity contribution in [3.8, 4) is 11.8 Å². The molecule has 1 aliphatic rings. The zero-order valence-corrected chi connectivity index (χ0v) is 14.4. The molecule has 0 spiro atoms. The van der Waals surface area contributed by atoms with Gasteiger partial charge in [0.15, 0.2) is 0 Å². The number of benzene rings is 2. The molecule has 2 aromatic carbocycles. The van der Waals surface area contributed by atoms with Crippen molar-refractivity contribution >= 4 is 12.0 Å². The highest BCUT2D eigenvalue weighted by atomic mass is 16.5. The summed E-state index contributed by atoms with van der Waals surface area (Å²) in [5, 5.41) is 8.93. The Morgan fingerprint density at radius 3 is 2.64 bits per heavy atom. The first-order valence-electron chi connectivity index (χ1n) is 8.37. The van der Waals surface area contributed by atoms with Gasteiger partial charge in [-0.25, -0.2) is 0 Å². The van der Waals surface area contributed by atoms with E-state index in [1.165, 1.54) is 0 Å². The van der Waals surface area contributed by atoms with Crippen molar-refractivity contribution < 1.29 is 9.53 Å². The van der Waals surface area contributed by atoms with Crippen molar-refractivity contribution in [3.63, 3.8) is 0 Å². The summed E-state index contributed by atoms with van der Waals surface area (Å²) >= 11 is 0. The van der Waals surface area contributed by atoms with Crippen LogP contribution in [0.25, 0.3) is 6.08 Å². The lowest BCUT2D eigenvalue weighted by Crippen LogP contribution is -2.36. The number of hydrogen-bond acceptors (Lipinski definition) is 3. The van der Waals surface area contributed by atoms with Crippen LogP contribution in [-0.4, -0.2) is 24.0 Å². The summed E-state index contributed by atoms with van der Waals surface area (Å²) < 4.78 is 5.72. The van der Waals surface area contributed by atoms with Gasteiger partial charge < -0.3 is 9.64 Å². The average molecular weight is 332 g/mol. The molecule has 0 saturated carbocycles. The standard InChI is InChI=1S/C21H20N2O2/c1-3-23(15(2)17-10-8-16(13-22)9-11-17)21(24)19-12-18-6-4-5-7-20(18)25-14-19/h4-12,15H,3,14H2,1-2H3. The molecule has 4 heteroatoms. The van der Waals surface area contributed by atoms with Crippen molar-refractivity contribution in [1.29, 1.82) is 5.26 Å². The van der Waals surface area contributed by atoms with Gasteiger partial charge in [0.25, 0.3) is 5.91 Å². The number of amides is 1. The third kappa shape index (κ3) is 3.41. The lowest BCUT2D eigenvalue weighted by molar-refractivity contribution is -0.129. The quantitative estimate of drug-likeness (QED) is 0.852. The van der Waals surface area contributed by atoms with Crippen LogP contribution >= 0.6 is 0 Å². The molecule has 0 radical (unpaired) electrons. The topological polar surface area (TPSA) is 53.3 Å². The Balaban J connectivity index is 1.84. The van der Waals surface area contributed by atoms with Gasteiger partial charge in [-0.15, -0.1) is 0 Å². The second kappa shape index (κ2) is 7.23. The summed E-state index contributed by atoms with van der Waals surface area (Å²) in [7, 11) is 0. The Labute approximate surface area is 148 Å². The minimum atomic E-state index is -0.0803. The molecule has 0 N–H and O–H groups in total. The van der Waals surface area contributed by atoms with E-state index < -0.39 is 0 Å². The van der Waals surface area contributed by atoms with E-state index in [-0.39, 0.29) is 18.6 Å². The Bertz CT molecular complexity index is 847. The molecule has 1 atom stereocenters. The number of carbonyl (C=O) groups is 1. The fourth-order valence-electron chi connectivity index (χ4n) is 3.03. The summed E-state index contributed by atoms with van der Waals surface area (Å²) in [5.74, 6) is 0.788. The summed E-state index contributed by atoms with van der Waals surface area (Å²) in [4.78, 5) is 14.8. The van der Waals surface area contributed by atoms with Crippen molar-refractivity contribution in [3.05, 3.63) is 70.8 Å². The number of rotatable bonds is 4. The summed E-state index contributed by atoms with van der Waals surface area (Å²) in [5.41, 5.74) is 3.21. The van der Waals surface area contributed by atoms with E-state index in [0.29, 0.717) is 17.7 Å². The normalized spacial score (nSPS) is 13.7. The van der Waals surface area contributed by atoms with Gasteiger partial charge in [-0.2, -0.15) is 5.26 Å². The third-order valence-corrected chi connectivity index (χ3v) is 4.50. The van der Waals surface area contributed by atoms with E-state index in [1.54, 1.807) is 12.1 Å². The Kier molecular flexibility index (Phi) is 4.85. The fraction of sp³-hybridized carbons (Fsp3) is 0.238. The number of nitriles is 1. The fourth-order valence-corrected chi connectivity index (χ4v) is 3.03. The second-order valence-electron chi connectivity index (χ2n) is 6.00. The van der Waals surface area contributed by atoms with Gasteiger partial charge in [-0.1, -0.05) is 30.3 Å². The minimum absolute atomic E-state index is 0.0196. The number of hydrogen-bond donors (Lipinski definition) is 0. The van der Waals surface area contributed by atoms with Gasteiger partial charge in [-0.05, 0) is 43.7 Å². The van der Waals surface area contributed by atoms with Crippen LogP contribution in [0.4, 0.5) is 0 Å². The van der Waals surface area contributed by atoms with Crippen LogP contribution in [0.15, 0.2) is 54.1 Å². The SMILES string of the molecule is CCN(C(=O)C1=Cc2ccccc2OC1)C(C)c1ccc(C#N)cc1. The van der Waals surface area contributed by atoms with Crippen LogP contribution in [0.2, 0.25) is 0 Å². The zero-order chi connectivity index (χ0) is 17.8. The lowest BCUT2D eigenvalue weighted by atomic mass is 10.0. The minimum Gasteiger partial charge on any atom is -0.488 e. The Hall–Kier alpha value is -3.06. The van der Waals surface area contributed by atoms with Crippen LogP contribution in [0, 0.1) is 11.3 Å². The molecule has 3 rings (SSSR count). The predicted octanol–water partition coefficient (Wildman–Crippen LogP) is 3.94. The number of likely N-dealkylation sites (N-methyl/N-ethyl adjacent to an activating group) is 1. The Morgan fingerprint density at radius 2 is 1.96 bits per heavy atom. The average Bonchev–Trinajstić information content (AvgIpc) is 2.68. The third-order valence-electron chi connectivity index (χ3n) is 4.50. The van der Waals surface area contributed by atoms with Gasteiger partial charge >= 0.3 is 0 Å². The number of para-hydroxylation sites is 1. The van der Waals surface area contributed by atoms with Crippen molar-refractivity contribution in [1.82, 2.24) is 4.90 Å². The number of nitrogens with zero attached hydrogens (tertiary/aromatic N) is 2. The molecular weight excluding hydrogens is 312 g/mol. The van der Waals surface area contributed by atoms with Crippen molar-refractivity contribution in [2.24, 2.45) is 0 Å². The predicted molar refractivity (Wildman–Crippen MR) is 96.9 cm³/mol. The van der Waals surface area contributed by atoms with Crippen LogP contribution in [-0.2, 0) is 4.79 Å². The molecule has 4 nitrogen and oxygen atoms in total. The largest absolute Gasteiger partial charge is 0.488 e. The van der Waals surface area contributed by atoms with Crippen LogP contribution in [0.5, 0.6) is 5.75 Å². The van der Waals surface area contributed by atoms with Gasteiger partial charge in [0, 0.05) is 12.1 Å². The van der Waals surface area contributed by atoms with E-state index in [9.17, 15) is 4.79 Å². The summed E-state index contributed by atoms with van der Waals surface area (Å²) in [6, 6.07) is 17.1. The number of fused-ring (bicyclic) bond motifs is 1. The molecule has 0 bridgehead atoms. The molecular formula is C21H20N2O2. The number of carbonyl (C=O) groups excluding carboxylic acids is 1. The molecule has 0 aliphatic carbocycles. The lowest BCUT2D eigenvalue weighted by Gasteiger charge is -2.30. The first-order valence-corrected chi connectivity index (χ1v) is 8.37. The smallest absolute Gasteiger partial charge is 0.253 e. The molecule has 2 aromatic rings. The summed E-state index contributed by atoms with van der Waals surface area (Å²) in [6.45, 7) is 4.85. The molecule has 1 heterocycles. The van der Waals surface area contributed by atoms with E-state index in [2.05, 4.69) is 6.07 Å². The van der Waals surface area contributed by atoms with Gasteiger partial charge in [0.2, 0.25) is 0 Å². The second-order valence-corrected chi connectivity index (χ2v) is 6.00. The first-order chi connectivity index (χ1) is 12.1. The van der Waals surface area contributed by atoms with E-state index in [1.807, 2.05) is 61.2 Å². The van der Waals surface area contributed by atoms with E-state index in [0.717, 1.165) is 16.9 Å². The van der Waals surface area contributed by atoms with Gasteiger partial charge in [-0.3, -0.25) is 4.79 Å². The van der Waals surface area contributed by atoms with Crippen molar-refractivity contribution in [2.75, 3.05) is 13.2 Å².